The summed E-state index contributed by atoms with van der Waals surface area (Å²) in [5, 5.41) is 0. The van der Waals surface area contributed by atoms with Crippen LogP contribution in [0.3, 0.4) is 0 Å². The smallest absolute Gasteiger partial charge is 0.231 e. The van der Waals surface area contributed by atoms with Crippen LogP contribution >= 0.6 is 15.9 Å². The number of anilines is 1. The van der Waals surface area contributed by atoms with Gasteiger partial charge in [-0.1, -0.05) is 22.0 Å². The first-order valence-corrected chi connectivity index (χ1v) is 6.87. The molecule has 0 aliphatic carbocycles. The molecule has 0 aromatic heterocycles. The average Bonchev–Trinajstić information content (AvgIpc) is 2.33. The first-order chi connectivity index (χ1) is 8.56. The second kappa shape index (κ2) is 5.71. The number of halogens is 1. The van der Waals surface area contributed by atoms with E-state index in [1.807, 2.05) is 0 Å². The van der Waals surface area contributed by atoms with Crippen molar-refractivity contribution >= 4 is 27.5 Å². The standard InChI is InChI=1S/C13H18BrN3O/c1-10-2-3-11(14)8-12(10)17-6-4-16(5-7-17)9-13(15)18/h2-3,8H,4-7,9H2,1H3,(H2,15,18). The number of rotatable bonds is 3. The van der Waals surface area contributed by atoms with Crippen LogP contribution in [-0.4, -0.2) is 43.5 Å². The van der Waals surface area contributed by atoms with Crippen molar-refractivity contribution in [1.29, 1.82) is 0 Å². The fraction of sp³-hybridized carbons (Fsp3) is 0.462. The van der Waals surface area contributed by atoms with Gasteiger partial charge in [0.15, 0.2) is 0 Å². The Morgan fingerprint density at radius 3 is 2.61 bits per heavy atom. The number of carbonyl (C=O) groups excluding carboxylic acids is 1. The van der Waals surface area contributed by atoms with Crippen molar-refractivity contribution in [3.05, 3.63) is 28.2 Å². The van der Waals surface area contributed by atoms with Gasteiger partial charge in [-0.25, -0.2) is 0 Å². The largest absolute Gasteiger partial charge is 0.369 e. The summed E-state index contributed by atoms with van der Waals surface area (Å²) < 4.78 is 1.10. The Morgan fingerprint density at radius 2 is 2.00 bits per heavy atom. The van der Waals surface area contributed by atoms with Crippen LogP contribution in [0.2, 0.25) is 0 Å². The fourth-order valence-corrected chi connectivity index (χ4v) is 2.64. The van der Waals surface area contributed by atoms with Crippen molar-refractivity contribution in [2.45, 2.75) is 6.92 Å². The minimum atomic E-state index is -0.248. The summed E-state index contributed by atoms with van der Waals surface area (Å²) in [5.41, 5.74) is 7.76. The van der Waals surface area contributed by atoms with Crippen LogP contribution in [0.15, 0.2) is 22.7 Å². The summed E-state index contributed by atoms with van der Waals surface area (Å²) in [6, 6.07) is 6.33. The highest BCUT2D eigenvalue weighted by Gasteiger charge is 2.19. The van der Waals surface area contributed by atoms with Crippen LogP contribution < -0.4 is 10.6 Å². The van der Waals surface area contributed by atoms with Gasteiger partial charge >= 0.3 is 0 Å². The third-order valence-corrected chi connectivity index (χ3v) is 3.76. The maximum atomic E-state index is 10.9. The molecule has 0 unspecified atom stereocenters. The van der Waals surface area contributed by atoms with E-state index in [9.17, 15) is 4.79 Å². The van der Waals surface area contributed by atoms with Gasteiger partial charge in [-0.05, 0) is 24.6 Å². The molecule has 4 nitrogen and oxygen atoms in total. The van der Waals surface area contributed by atoms with E-state index in [2.05, 4.69) is 50.9 Å². The zero-order valence-electron chi connectivity index (χ0n) is 10.5. The molecule has 1 saturated heterocycles. The molecule has 98 valence electrons. The molecule has 5 heteroatoms. The Bertz CT molecular complexity index is 442. The molecule has 0 spiro atoms. The SMILES string of the molecule is Cc1ccc(Br)cc1N1CCN(CC(N)=O)CC1. The number of amides is 1. The maximum Gasteiger partial charge on any atom is 0.231 e. The topological polar surface area (TPSA) is 49.6 Å². The molecule has 1 aromatic rings. The Morgan fingerprint density at radius 1 is 1.33 bits per heavy atom. The number of carbonyl (C=O) groups is 1. The number of aryl methyl sites for hydroxylation is 1. The average molecular weight is 312 g/mol. The molecule has 1 aliphatic rings. The van der Waals surface area contributed by atoms with Crippen LogP contribution in [-0.2, 0) is 4.79 Å². The minimum Gasteiger partial charge on any atom is -0.369 e. The van der Waals surface area contributed by atoms with E-state index in [-0.39, 0.29) is 5.91 Å². The lowest BCUT2D eigenvalue weighted by atomic mass is 10.1. The molecule has 0 saturated carbocycles. The van der Waals surface area contributed by atoms with E-state index < -0.39 is 0 Å². The molecule has 1 aromatic carbocycles. The molecular weight excluding hydrogens is 294 g/mol. The monoisotopic (exact) mass is 311 g/mol. The predicted octanol–water partition coefficient (Wildman–Crippen LogP) is 1.36. The van der Waals surface area contributed by atoms with Crippen LogP contribution in [0.5, 0.6) is 0 Å². The maximum absolute atomic E-state index is 10.9. The van der Waals surface area contributed by atoms with E-state index in [1.54, 1.807) is 0 Å². The molecule has 1 amide bonds. The van der Waals surface area contributed by atoms with E-state index >= 15 is 0 Å². The number of piperazine rings is 1. The number of hydrogen-bond acceptors (Lipinski definition) is 3. The van der Waals surface area contributed by atoms with Crippen LogP contribution in [0, 0.1) is 6.92 Å². The molecular formula is C13H18BrN3O. The highest BCUT2D eigenvalue weighted by Crippen LogP contribution is 2.25. The lowest BCUT2D eigenvalue weighted by Crippen LogP contribution is -2.49. The Labute approximate surface area is 116 Å². The van der Waals surface area contributed by atoms with E-state index in [4.69, 9.17) is 5.73 Å². The normalized spacial score (nSPS) is 16.9. The van der Waals surface area contributed by atoms with Crippen molar-refractivity contribution in [2.75, 3.05) is 37.6 Å². The second-order valence-corrected chi connectivity index (χ2v) is 5.58. The number of nitrogens with two attached hydrogens (primary N) is 1. The molecule has 2 rings (SSSR count). The number of nitrogens with zero attached hydrogens (tertiary/aromatic N) is 2. The van der Waals surface area contributed by atoms with Crippen molar-refractivity contribution in [3.63, 3.8) is 0 Å². The van der Waals surface area contributed by atoms with Crippen molar-refractivity contribution in [3.8, 4) is 0 Å². The Hall–Kier alpha value is -1.07. The van der Waals surface area contributed by atoms with E-state index in [1.165, 1.54) is 11.3 Å². The number of primary amides is 1. The van der Waals surface area contributed by atoms with Crippen LogP contribution in [0.25, 0.3) is 0 Å². The summed E-state index contributed by atoms with van der Waals surface area (Å²) >= 11 is 3.51. The molecule has 0 bridgehead atoms. The minimum absolute atomic E-state index is 0.248. The molecule has 1 fully saturated rings. The summed E-state index contributed by atoms with van der Waals surface area (Å²) in [7, 11) is 0. The molecule has 2 N–H and O–H groups in total. The molecule has 1 heterocycles. The zero-order valence-corrected chi connectivity index (χ0v) is 12.1. The predicted molar refractivity (Wildman–Crippen MR) is 76.7 cm³/mol. The summed E-state index contributed by atoms with van der Waals surface area (Å²) in [6.45, 7) is 6.13. The van der Waals surface area contributed by atoms with Gasteiger partial charge in [0.2, 0.25) is 5.91 Å². The van der Waals surface area contributed by atoms with Gasteiger partial charge in [0.25, 0.3) is 0 Å². The summed E-state index contributed by atoms with van der Waals surface area (Å²) in [4.78, 5) is 15.3. The lowest BCUT2D eigenvalue weighted by Gasteiger charge is -2.36. The van der Waals surface area contributed by atoms with Gasteiger partial charge in [-0.2, -0.15) is 0 Å². The molecule has 0 radical (unpaired) electrons. The van der Waals surface area contributed by atoms with Gasteiger partial charge in [0.05, 0.1) is 6.54 Å². The third kappa shape index (κ3) is 3.23. The number of hydrogen-bond donors (Lipinski definition) is 1. The van der Waals surface area contributed by atoms with Gasteiger partial charge in [0, 0.05) is 36.3 Å². The molecule has 0 atom stereocenters. The first kappa shape index (κ1) is 13.4. The second-order valence-electron chi connectivity index (χ2n) is 4.66. The quantitative estimate of drug-likeness (QED) is 0.917. The van der Waals surface area contributed by atoms with Gasteiger partial charge < -0.3 is 10.6 Å². The van der Waals surface area contributed by atoms with Crippen molar-refractivity contribution < 1.29 is 4.79 Å². The fourth-order valence-electron chi connectivity index (χ4n) is 2.29. The molecule has 18 heavy (non-hydrogen) atoms. The summed E-state index contributed by atoms with van der Waals surface area (Å²) in [5.74, 6) is -0.248. The summed E-state index contributed by atoms with van der Waals surface area (Å²) in [6.07, 6.45) is 0. The Balaban J connectivity index is 2.01. The Kier molecular flexibility index (Phi) is 4.24. The van der Waals surface area contributed by atoms with Crippen molar-refractivity contribution in [2.24, 2.45) is 5.73 Å². The van der Waals surface area contributed by atoms with Crippen LogP contribution in [0.4, 0.5) is 5.69 Å². The molecule has 1 aliphatic heterocycles. The third-order valence-electron chi connectivity index (χ3n) is 3.26. The number of benzene rings is 1. The van der Waals surface area contributed by atoms with Gasteiger partial charge in [-0.15, -0.1) is 0 Å². The van der Waals surface area contributed by atoms with Crippen LogP contribution in [0.1, 0.15) is 5.56 Å². The highest BCUT2D eigenvalue weighted by atomic mass is 79.9. The zero-order chi connectivity index (χ0) is 13.1. The van der Waals surface area contributed by atoms with E-state index in [0.717, 1.165) is 30.7 Å². The van der Waals surface area contributed by atoms with Gasteiger partial charge in [-0.3, -0.25) is 9.69 Å². The highest BCUT2D eigenvalue weighted by molar-refractivity contribution is 9.10. The van der Waals surface area contributed by atoms with Crippen molar-refractivity contribution in [1.82, 2.24) is 4.90 Å². The van der Waals surface area contributed by atoms with Gasteiger partial charge in [0.1, 0.15) is 0 Å². The first-order valence-electron chi connectivity index (χ1n) is 6.08. The lowest BCUT2D eigenvalue weighted by molar-refractivity contribution is -0.119. The van der Waals surface area contributed by atoms with E-state index in [0.29, 0.717) is 6.54 Å².